The Labute approximate surface area is 144 Å². The zero-order valence-electron chi connectivity index (χ0n) is 13.6. The average Bonchev–Trinajstić information content (AvgIpc) is 2.84. The number of carboxylic acid groups (broad SMARTS) is 1. The van der Waals surface area contributed by atoms with Gasteiger partial charge in [0.1, 0.15) is 11.4 Å². The summed E-state index contributed by atoms with van der Waals surface area (Å²) in [5.74, 6) is -2.04. The predicted molar refractivity (Wildman–Crippen MR) is 90.1 cm³/mol. The van der Waals surface area contributed by atoms with Gasteiger partial charge in [-0.05, 0) is 43.0 Å². The summed E-state index contributed by atoms with van der Waals surface area (Å²) in [7, 11) is -4.18. The number of ether oxygens (including phenoxy) is 1. The van der Waals surface area contributed by atoms with Crippen molar-refractivity contribution in [2.24, 2.45) is 0 Å². The van der Waals surface area contributed by atoms with Gasteiger partial charge in [-0.1, -0.05) is 6.07 Å². The fraction of sp³-hybridized carbons (Fsp3) is 0.375. The maximum atomic E-state index is 12.1. The van der Waals surface area contributed by atoms with Crippen LogP contribution in [0.1, 0.15) is 41.4 Å². The summed E-state index contributed by atoms with van der Waals surface area (Å²) < 4.78 is 36.2. The van der Waals surface area contributed by atoms with Crippen LogP contribution in [0.4, 0.5) is 0 Å². The minimum absolute atomic E-state index is 0.0559. The number of fused-ring (bicyclic) bond motifs is 1. The van der Waals surface area contributed by atoms with Gasteiger partial charge in [-0.3, -0.25) is 9.35 Å². The van der Waals surface area contributed by atoms with Crippen molar-refractivity contribution in [2.45, 2.75) is 31.9 Å². The number of esters is 1. The third kappa shape index (κ3) is 5.04. The Hall–Kier alpha value is -2.39. The first-order valence-corrected chi connectivity index (χ1v) is 9.29. The molecular weight excluding hydrogens is 350 g/mol. The van der Waals surface area contributed by atoms with Gasteiger partial charge in [0.25, 0.3) is 10.1 Å². The molecule has 0 aliphatic rings. The minimum atomic E-state index is -4.18. The lowest BCUT2D eigenvalue weighted by atomic mass is 10.0. The van der Waals surface area contributed by atoms with Crippen molar-refractivity contribution in [2.75, 3.05) is 6.61 Å². The highest BCUT2D eigenvalue weighted by Crippen LogP contribution is 2.27. The van der Waals surface area contributed by atoms with Crippen molar-refractivity contribution in [3.05, 3.63) is 35.0 Å². The molecule has 0 saturated carbocycles. The summed E-state index contributed by atoms with van der Waals surface area (Å²) in [5, 5.41) is 9.40. The molecule has 0 bridgehead atoms. The molecule has 2 rings (SSSR count). The van der Waals surface area contributed by atoms with E-state index in [1.807, 2.05) is 0 Å². The number of rotatable bonds is 8. The van der Waals surface area contributed by atoms with Gasteiger partial charge in [-0.2, -0.15) is 8.42 Å². The van der Waals surface area contributed by atoms with E-state index in [0.29, 0.717) is 34.9 Å². The monoisotopic (exact) mass is 369 g/mol. The van der Waals surface area contributed by atoms with Gasteiger partial charge in [0.2, 0.25) is 0 Å². The average molecular weight is 369 g/mol. The van der Waals surface area contributed by atoms with Gasteiger partial charge >= 0.3 is 11.9 Å². The highest BCUT2D eigenvalue weighted by molar-refractivity contribution is 7.85. The number of aryl methyl sites for hydroxylation is 1. The molecule has 136 valence electrons. The largest absolute Gasteiger partial charge is 0.481 e. The summed E-state index contributed by atoms with van der Waals surface area (Å²) in [6.07, 6.45) is 0.576. The second-order valence-electron chi connectivity index (χ2n) is 5.55. The van der Waals surface area contributed by atoms with E-state index >= 15 is 0 Å². The van der Waals surface area contributed by atoms with Crippen molar-refractivity contribution in [1.29, 1.82) is 0 Å². The molecule has 1 heterocycles. The molecule has 0 saturated heterocycles. The van der Waals surface area contributed by atoms with Crippen LogP contribution in [0.15, 0.2) is 18.2 Å². The smallest absolute Gasteiger partial charge is 0.355 e. The summed E-state index contributed by atoms with van der Waals surface area (Å²) in [6, 6.07) is 4.71. The number of carboxylic acids is 1. The van der Waals surface area contributed by atoms with Crippen molar-refractivity contribution in [3.63, 3.8) is 0 Å². The molecule has 0 aliphatic heterocycles. The number of benzene rings is 1. The van der Waals surface area contributed by atoms with E-state index in [2.05, 4.69) is 4.98 Å². The number of nitrogens with one attached hydrogen (secondary N) is 1. The van der Waals surface area contributed by atoms with Crippen LogP contribution in [-0.2, 0) is 31.8 Å². The molecule has 2 aromatic rings. The van der Waals surface area contributed by atoms with E-state index in [9.17, 15) is 18.0 Å². The molecule has 3 N–H and O–H groups in total. The van der Waals surface area contributed by atoms with Gasteiger partial charge < -0.3 is 14.8 Å². The maximum Gasteiger partial charge on any atom is 0.355 e. The molecule has 1 aromatic heterocycles. The van der Waals surface area contributed by atoms with Gasteiger partial charge in [0, 0.05) is 17.3 Å². The fourth-order valence-corrected chi connectivity index (χ4v) is 3.25. The van der Waals surface area contributed by atoms with E-state index in [1.165, 1.54) is 6.07 Å². The number of aromatic nitrogens is 1. The maximum absolute atomic E-state index is 12.1. The third-order valence-corrected chi connectivity index (χ3v) is 4.31. The first-order chi connectivity index (χ1) is 11.7. The van der Waals surface area contributed by atoms with Gasteiger partial charge in [-0.15, -0.1) is 0 Å². The molecule has 8 nitrogen and oxygen atoms in total. The van der Waals surface area contributed by atoms with Crippen LogP contribution < -0.4 is 0 Å². The standard InChI is InChI=1S/C16H19NO7S/c1-2-24-16(20)15-11(4-3-5-14(18)19)12-8-10(9-25(21,22)23)6-7-13(12)17-15/h6-8,17H,2-5,9H2,1H3,(H,18,19)(H,21,22,23). The Morgan fingerprint density at radius 3 is 2.60 bits per heavy atom. The predicted octanol–water partition coefficient (Wildman–Crippen LogP) is 2.14. The molecule has 0 spiro atoms. The van der Waals surface area contributed by atoms with Crippen LogP contribution in [0.25, 0.3) is 10.9 Å². The number of hydrogen-bond donors (Lipinski definition) is 3. The molecule has 25 heavy (non-hydrogen) atoms. The number of aliphatic carboxylic acids is 1. The van der Waals surface area contributed by atoms with Crippen molar-refractivity contribution >= 4 is 33.0 Å². The van der Waals surface area contributed by atoms with E-state index in [4.69, 9.17) is 14.4 Å². The lowest BCUT2D eigenvalue weighted by molar-refractivity contribution is -0.137. The molecule has 0 aliphatic carbocycles. The van der Waals surface area contributed by atoms with Crippen LogP contribution in [0, 0.1) is 0 Å². The molecule has 1 aromatic carbocycles. The highest BCUT2D eigenvalue weighted by atomic mass is 32.2. The van der Waals surface area contributed by atoms with Crippen molar-refractivity contribution in [3.8, 4) is 0 Å². The van der Waals surface area contributed by atoms with Crippen molar-refractivity contribution in [1.82, 2.24) is 4.98 Å². The lowest BCUT2D eigenvalue weighted by Crippen LogP contribution is -2.08. The number of carbonyl (C=O) groups excluding carboxylic acids is 1. The Bertz CT molecular complexity index is 899. The zero-order chi connectivity index (χ0) is 18.6. The zero-order valence-corrected chi connectivity index (χ0v) is 14.4. The molecule has 0 unspecified atom stereocenters. The van der Waals surface area contributed by atoms with Crippen LogP contribution >= 0.6 is 0 Å². The van der Waals surface area contributed by atoms with Crippen LogP contribution in [0.3, 0.4) is 0 Å². The summed E-state index contributed by atoms with van der Waals surface area (Å²) in [5.41, 5.74) is 1.77. The normalized spacial score (nSPS) is 11.6. The molecule has 0 atom stereocenters. The van der Waals surface area contributed by atoms with Gasteiger partial charge in [0.05, 0.1) is 6.61 Å². The minimum Gasteiger partial charge on any atom is -0.481 e. The van der Waals surface area contributed by atoms with E-state index in [0.717, 1.165) is 0 Å². The number of H-pyrrole nitrogens is 1. The summed E-state index contributed by atoms with van der Waals surface area (Å²) in [6.45, 7) is 1.87. The molecular formula is C16H19NO7S. The van der Waals surface area contributed by atoms with Gasteiger partial charge in [-0.25, -0.2) is 4.79 Å². The summed E-state index contributed by atoms with van der Waals surface area (Å²) >= 11 is 0. The van der Waals surface area contributed by atoms with E-state index in [-0.39, 0.29) is 18.7 Å². The SMILES string of the molecule is CCOC(=O)c1[nH]c2ccc(CS(=O)(=O)O)cc2c1CCCC(=O)O. The van der Waals surface area contributed by atoms with Crippen LogP contribution in [0.5, 0.6) is 0 Å². The lowest BCUT2D eigenvalue weighted by Gasteiger charge is -2.05. The molecule has 0 amide bonds. The Kier molecular flexibility index (Phi) is 5.81. The Balaban J connectivity index is 2.47. The first-order valence-electron chi connectivity index (χ1n) is 7.69. The topological polar surface area (TPSA) is 134 Å². The Morgan fingerprint density at radius 2 is 2.00 bits per heavy atom. The first kappa shape index (κ1) is 18.9. The summed E-state index contributed by atoms with van der Waals surface area (Å²) in [4.78, 5) is 25.8. The van der Waals surface area contributed by atoms with Crippen molar-refractivity contribution < 1.29 is 32.4 Å². The second-order valence-corrected chi connectivity index (χ2v) is 7.01. The van der Waals surface area contributed by atoms with E-state index < -0.39 is 27.8 Å². The fourth-order valence-electron chi connectivity index (χ4n) is 2.65. The molecule has 0 fully saturated rings. The van der Waals surface area contributed by atoms with Crippen LogP contribution in [-0.4, -0.2) is 41.6 Å². The van der Waals surface area contributed by atoms with Crippen LogP contribution in [0.2, 0.25) is 0 Å². The number of carbonyl (C=O) groups is 2. The number of aromatic amines is 1. The molecule has 0 radical (unpaired) electrons. The molecule has 9 heteroatoms. The second kappa shape index (κ2) is 7.66. The van der Waals surface area contributed by atoms with Gasteiger partial charge in [0.15, 0.2) is 0 Å². The third-order valence-electron chi connectivity index (χ3n) is 3.62. The van der Waals surface area contributed by atoms with E-state index in [1.54, 1.807) is 19.1 Å². The Morgan fingerprint density at radius 1 is 1.28 bits per heavy atom. The number of hydrogen-bond acceptors (Lipinski definition) is 5. The highest BCUT2D eigenvalue weighted by Gasteiger charge is 2.20. The quantitative estimate of drug-likeness (QED) is 0.479.